The third-order valence-electron chi connectivity index (χ3n) is 7.80. The van der Waals surface area contributed by atoms with Gasteiger partial charge in [0.2, 0.25) is 11.9 Å². The number of aromatic nitrogens is 3. The zero-order valence-electron chi connectivity index (χ0n) is 18.2. The number of anilines is 1. The molecule has 2 saturated carbocycles. The van der Waals surface area contributed by atoms with Crippen LogP contribution in [0.3, 0.4) is 0 Å². The van der Waals surface area contributed by atoms with Crippen molar-refractivity contribution >= 4 is 11.9 Å². The van der Waals surface area contributed by atoms with Crippen molar-refractivity contribution in [2.75, 3.05) is 4.90 Å². The van der Waals surface area contributed by atoms with E-state index >= 15 is 0 Å². The van der Waals surface area contributed by atoms with Crippen LogP contribution < -0.4 is 4.90 Å². The summed E-state index contributed by atoms with van der Waals surface area (Å²) in [5.74, 6) is 2.47. The molecule has 3 aliphatic rings. The molecule has 1 aliphatic heterocycles. The Morgan fingerprint density at radius 2 is 1.83 bits per heavy atom. The molecule has 2 heterocycles. The molecule has 2 fully saturated rings. The SMILES string of the molecule is CCc1nc2n(n1)C1(CCCCC1)C1CCCCC1N2C(=O)CCc1ccccc1. The Bertz CT molecular complexity index is 884. The maximum atomic E-state index is 13.6. The standard InChI is InChI=1S/C25H34N4O/c1-2-22-26-24-28(23(30)16-15-19-11-5-3-6-12-19)21-14-8-7-13-20(21)25(29(24)27-22)17-9-4-10-18-25/h3,5-6,11-12,20-21H,2,4,7-10,13-18H2,1H3. The number of aryl methyl sites for hydroxylation is 2. The highest BCUT2D eigenvalue weighted by molar-refractivity contribution is 5.93. The zero-order valence-corrected chi connectivity index (χ0v) is 18.2. The lowest BCUT2D eigenvalue weighted by Gasteiger charge is -2.55. The first-order chi connectivity index (χ1) is 14.7. The van der Waals surface area contributed by atoms with E-state index in [4.69, 9.17) is 10.1 Å². The summed E-state index contributed by atoms with van der Waals surface area (Å²) >= 11 is 0. The molecule has 5 nitrogen and oxygen atoms in total. The van der Waals surface area contributed by atoms with Crippen molar-refractivity contribution in [1.82, 2.24) is 14.8 Å². The average Bonchev–Trinajstić information content (AvgIpc) is 3.24. The molecule has 2 atom stereocenters. The molecule has 5 rings (SSSR count). The summed E-state index contributed by atoms with van der Waals surface area (Å²) in [5, 5.41) is 5.00. The summed E-state index contributed by atoms with van der Waals surface area (Å²) in [5.41, 5.74) is 1.30. The first-order valence-corrected chi connectivity index (χ1v) is 12.1. The number of fused-ring (bicyclic) bond motifs is 4. The number of rotatable bonds is 4. The molecule has 1 aromatic carbocycles. The van der Waals surface area contributed by atoms with Crippen molar-refractivity contribution in [2.45, 2.75) is 95.6 Å². The van der Waals surface area contributed by atoms with E-state index in [1.165, 1.54) is 56.9 Å². The van der Waals surface area contributed by atoms with E-state index in [-0.39, 0.29) is 11.4 Å². The van der Waals surface area contributed by atoms with Gasteiger partial charge in [0.25, 0.3) is 0 Å². The monoisotopic (exact) mass is 406 g/mol. The van der Waals surface area contributed by atoms with E-state index in [1.54, 1.807) is 0 Å². The molecule has 0 N–H and O–H groups in total. The summed E-state index contributed by atoms with van der Waals surface area (Å²) in [6.45, 7) is 2.11. The molecule has 1 aromatic heterocycles. The van der Waals surface area contributed by atoms with Gasteiger partial charge in [-0.3, -0.25) is 9.69 Å². The van der Waals surface area contributed by atoms with Crippen LogP contribution in [0.2, 0.25) is 0 Å². The fraction of sp³-hybridized carbons (Fsp3) is 0.640. The number of nitrogens with zero attached hydrogens (tertiary/aromatic N) is 4. The maximum Gasteiger partial charge on any atom is 0.231 e. The molecule has 160 valence electrons. The van der Waals surface area contributed by atoms with Gasteiger partial charge >= 0.3 is 0 Å². The highest BCUT2D eigenvalue weighted by Crippen LogP contribution is 2.52. The first kappa shape index (κ1) is 19.8. The van der Waals surface area contributed by atoms with Gasteiger partial charge in [-0.15, -0.1) is 0 Å². The topological polar surface area (TPSA) is 51.0 Å². The number of carbonyl (C=O) groups excluding carboxylic acids is 1. The number of carbonyl (C=O) groups is 1. The van der Waals surface area contributed by atoms with Crippen LogP contribution in [0, 0.1) is 5.92 Å². The molecule has 5 heteroatoms. The van der Waals surface area contributed by atoms with Crippen LogP contribution in [0.1, 0.15) is 82.5 Å². The van der Waals surface area contributed by atoms with Gasteiger partial charge in [-0.05, 0) is 37.7 Å². The second kappa shape index (κ2) is 8.16. The minimum atomic E-state index is 0.0787. The van der Waals surface area contributed by atoms with E-state index in [0.29, 0.717) is 18.4 Å². The Balaban J connectivity index is 1.52. The Labute approximate surface area is 179 Å². The van der Waals surface area contributed by atoms with Gasteiger partial charge in [0.05, 0.1) is 5.54 Å². The van der Waals surface area contributed by atoms with Gasteiger partial charge in [-0.2, -0.15) is 10.1 Å². The van der Waals surface area contributed by atoms with Crippen molar-refractivity contribution < 1.29 is 4.79 Å². The van der Waals surface area contributed by atoms with Crippen LogP contribution >= 0.6 is 0 Å². The van der Waals surface area contributed by atoms with Gasteiger partial charge in [0.15, 0.2) is 5.82 Å². The van der Waals surface area contributed by atoms with E-state index in [1.807, 2.05) is 6.07 Å². The van der Waals surface area contributed by atoms with Crippen molar-refractivity contribution in [3.05, 3.63) is 41.7 Å². The average molecular weight is 407 g/mol. The molecule has 30 heavy (non-hydrogen) atoms. The normalized spacial score (nSPS) is 25.0. The number of benzene rings is 1. The molecule has 0 bridgehead atoms. The Morgan fingerprint density at radius 3 is 2.60 bits per heavy atom. The third kappa shape index (κ3) is 3.27. The Kier molecular flexibility index (Phi) is 5.38. The van der Waals surface area contributed by atoms with Crippen LogP contribution in [0.4, 0.5) is 5.95 Å². The van der Waals surface area contributed by atoms with E-state index in [0.717, 1.165) is 31.0 Å². The lowest BCUT2D eigenvalue weighted by atomic mass is 9.64. The van der Waals surface area contributed by atoms with Gasteiger partial charge in [-0.25, -0.2) is 4.68 Å². The molecule has 2 aliphatic carbocycles. The number of hydrogen-bond acceptors (Lipinski definition) is 3. The number of hydrogen-bond donors (Lipinski definition) is 0. The molecular formula is C25H34N4O. The molecule has 2 aromatic rings. The van der Waals surface area contributed by atoms with Crippen LogP contribution in [0.15, 0.2) is 30.3 Å². The van der Waals surface area contributed by atoms with E-state index < -0.39 is 0 Å². The number of amides is 1. The summed E-state index contributed by atoms with van der Waals surface area (Å²) in [6, 6.07) is 10.6. The van der Waals surface area contributed by atoms with Crippen LogP contribution in [0.5, 0.6) is 0 Å². The highest BCUT2D eigenvalue weighted by atomic mass is 16.2. The van der Waals surface area contributed by atoms with Crippen LogP contribution in [0.25, 0.3) is 0 Å². The highest BCUT2D eigenvalue weighted by Gasteiger charge is 2.54. The lowest BCUT2D eigenvalue weighted by Crippen LogP contribution is -2.61. The smallest absolute Gasteiger partial charge is 0.231 e. The van der Waals surface area contributed by atoms with Gasteiger partial charge in [0.1, 0.15) is 0 Å². The van der Waals surface area contributed by atoms with Crippen LogP contribution in [-0.2, 0) is 23.2 Å². The molecule has 1 spiro atoms. The van der Waals surface area contributed by atoms with Crippen molar-refractivity contribution in [3.63, 3.8) is 0 Å². The van der Waals surface area contributed by atoms with Gasteiger partial charge in [-0.1, -0.05) is 69.4 Å². The maximum absolute atomic E-state index is 13.6. The third-order valence-corrected chi connectivity index (χ3v) is 7.80. The summed E-state index contributed by atoms with van der Waals surface area (Å²) in [6.07, 6.45) is 13.2. The molecule has 0 radical (unpaired) electrons. The summed E-state index contributed by atoms with van der Waals surface area (Å²) < 4.78 is 2.23. The fourth-order valence-corrected chi connectivity index (χ4v) is 6.36. The minimum absolute atomic E-state index is 0.0787. The molecule has 0 saturated heterocycles. The predicted molar refractivity (Wildman–Crippen MR) is 118 cm³/mol. The van der Waals surface area contributed by atoms with Crippen molar-refractivity contribution in [2.24, 2.45) is 5.92 Å². The Hall–Kier alpha value is -2.17. The first-order valence-electron chi connectivity index (χ1n) is 12.1. The second-order valence-corrected chi connectivity index (χ2v) is 9.47. The van der Waals surface area contributed by atoms with Gasteiger partial charge in [0, 0.05) is 24.8 Å². The predicted octanol–water partition coefficient (Wildman–Crippen LogP) is 5.04. The molecule has 2 unspecified atom stereocenters. The molecule has 1 amide bonds. The largest absolute Gasteiger partial charge is 0.277 e. The van der Waals surface area contributed by atoms with Crippen LogP contribution in [-0.4, -0.2) is 26.7 Å². The molecular weight excluding hydrogens is 372 g/mol. The quantitative estimate of drug-likeness (QED) is 0.715. The summed E-state index contributed by atoms with van der Waals surface area (Å²) in [4.78, 5) is 20.6. The Morgan fingerprint density at radius 1 is 1.07 bits per heavy atom. The van der Waals surface area contributed by atoms with E-state index in [2.05, 4.69) is 40.8 Å². The fourth-order valence-electron chi connectivity index (χ4n) is 6.36. The van der Waals surface area contributed by atoms with Gasteiger partial charge < -0.3 is 0 Å². The van der Waals surface area contributed by atoms with Crippen molar-refractivity contribution in [1.29, 1.82) is 0 Å². The lowest BCUT2D eigenvalue weighted by molar-refractivity contribution is -0.120. The minimum Gasteiger partial charge on any atom is -0.277 e. The van der Waals surface area contributed by atoms with E-state index in [9.17, 15) is 4.79 Å². The summed E-state index contributed by atoms with van der Waals surface area (Å²) in [7, 11) is 0. The second-order valence-electron chi connectivity index (χ2n) is 9.47. The zero-order chi connectivity index (χ0) is 20.6. The van der Waals surface area contributed by atoms with Crippen molar-refractivity contribution in [3.8, 4) is 0 Å².